The quantitative estimate of drug-likeness (QED) is 0.539. The molecule has 4 rings (SSSR count). The van der Waals surface area contributed by atoms with Gasteiger partial charge >= 0.3 is 0 Å². The van der Waals surface area contributed by atoms with E-state index in [4.69, 9.17) is 16.1 Å². The largest absolute Gasteiger partial charge is 0.324 e. The Balaban J connectivity index is 1.78. The minimum absolute atomic E-state index is 0.254. The van der Waals surface area contributed by atoms with Crippen molar-refractivity contribution in [2.45, 2.75) is 32.4 Å². The van der Waals surface area contributed by atoms with Crippen LogP contribution in [-0.2, 0) is 6.42 Å². The molecule has 0 bridgehead atoms. The van der Waals surface area contributed by atoms with Crippen LogP contribution in [0.15, 0.2) is 66.7 Å². The Morgan fingerprint density at radius 1 is 1.00 bits per heavy atom. The summed E-state index contributed by atoms with van der Waals surface area (Å²) in [5.74, 6) is 0. The fourth-order valence-corrected chi connectivity index (χ4v) is 3.71. The summed E-state index contributed by atoms with van der Waals surface area (Å²) in [6.07, 6.45) is 0.551. The van der Waals surface area contributed by atoms with Crippen LogP contribution in [0.3, 0.4) is 0 Å². The van der Waals surface area contributed by atoms with E-state index in [2.05, 4.69) is 53.8 Å². The number of aromatic nitrogens is 3. The average molecular weight is 381 g/mol. The molecule has 0 fully saturated rings. The molecule has 0 spiro atoms. The van der Waals surface area contributed by atoms with Gasteiger partial charge in [-0.05, 0) is 37.6 Å². The standard InChI is InChI=1S/C24H23N5/c1-16(2)29-23-13-6-5-12-21(23)24(28-29)20-11-4-3-10-19(20)22(26)14-17-8-7-9-18(15-25)27-17/h3-13,16,22H,14,26H2,1-2H3/t22-/m0/s1. The van der Waals surface area contributed by atoms with E-state index in [1.165, 1.54) is 0 Å². The zero-order valence-electron chi connectivity index (χ0n) is 16.6. The molecule has 29 heavy (non-hydrogen) atoms. The molecule has 0 saturated carbocycles. The minimum atomic E-state index is -0.254. The first kappa shape index (κ1) is 18.9. The third-order valence-electron chi connectivity index (χ3n) is 5.07. The van der Waals surface area contributed by atoms with Crippen molar-refractivity contribution in [3.05, 3.63) is 83.7 Å². The van der Waals surface area contributed by atoms with E-state index in [1.807, 2.05) is 36.4 Å². The molecular formula is C24H23N5. The van der Waals surface area contributed by atoms with Crippen LogP contribution in [0.1, 0.15) is 42.9 Å². The lowest BCUT2D eigenvalue weighted by molar-refractivity contribution is 0.552. The highest BCUT2D eigenvalue weighted by Gasteiger charge is 2.19. The van der Waals surface area contributed by atoms with Gasteiger partial charge in [-0.15, -0.1) is 0 Å². The highest BCUT2D eigenvalue weighted by molar-refractivity contribution is 5.94. The van der Waals surface area contributed by atoms with Crippen LogP contribution >= 0.6 is 0 Å². The van der Waals surface area contributed by atoms with Crippen LogP contribution in [0.5, 0.6) is 0 Å². The van der Waals surface area contributed by atoms with Crippen molar-refractivity contribution in [2.24, 2.45) is 5.73 Å². The normalized spacial score (nSPS) is 12.2. The number of hydrogen-bond donors (Lipinski definition) is 1. The van der Waals surface area contributed by atoms with Crippen LogP contribution in [0.2, 0.25) is 0 Å². The molecule has 2 heterocycles. The van der Waals surface area contributed by atoms with Crippen molar-refractivity contribution in [3.63, 3.8) is 0 Å². The number of rotatable bonds is 5. The molecule has 2 aromatic heterocycles. The summed E-state index contributed by atoms with van der Waals surface area (Å²) in [5, 5.41) is 15.2. The molecule has 1 atom stereocenters. The van der Waals surface area contributed by atoms with Gasteiger partial charge in [0.2, 0.25) is 0 Å². The van der Waals surface area contributed by atoms with E-state index < -0.39 is 0 Å². The minimum Gasteiger partial charge on any atom is -0.324 e. The number of hydrogen-bond acceptors (Lipinski definition) is 4. The molecule has 0 radical (unpaired) electrons. The average Bonchev–Trinajstić information content (AvgIpc) is 3.14. The molecule has 0 unspecified atom stereocenters. The van der Waals surface area contributed by atoms with Crippen molar-refractivity contribution in [1.82, 2.24) is 14.8 Å². The van der Waals surface area contributed by atoms with Gasteiger partial charge in [0.25, 0.3) is 0 Å². The lowest BCUT2D eigenvalue weighted by Gasteiger charge is -2.16. The van der Waals surface area contributed by atoms with Crippen LogP contribution < -0.4 is 5.73 Å². The van der Waals surface area contributed by atoms with E-state index in [1.54, 1.807) is 6.07 Å². The molecule has 2 N–H and O–H groups in total. The number of fused-ring (bicyclic) bond motifs is 1. The molecule has 4 aromatic rings. The number of pyridine rings is 1. The number of benzene rings is 2. The SMILES string of the molecule is CC(C)n1nc(-c2ccccc2[C@@H](N)Cc2cccc(C#N)n2)c2ccccc21. The third kappa shape index (κ3) is 3.63. The first-order chi connectivity index (χ1) is 14.1. The summed E-state index contributed by atoms with van der Waals surface area (Å²) in [7, 11) is 0. The van der Waals surface area contributed by atoms with Gasteiger partial charge in [-0.2, -0.15) is 10.4 Å². The Morgan fingerprint density at radius 2 is 1.76 bits per heavy atom. The monoisotopic (exact) mass is 381 g/mol. The predicted octanol–water partition coefficient (Wildman–Crippen LogP) is 4.79. The topological polar surface area (TPSA) is 80.5 Å². The fourth-order valence-electron chi connectivity index (χ4n) is 3.71. The first-order valence-electron chi connectivity index (χ1n) is 9.76. The molecule has 0 aliphatic rings. The predicted molar refractivity (Wildman–Crippen MR) is 115 cm³/mol. The maximum Gasteiger partial charge on any atom is 0.140 e. The van der Waals surface area contributed by atoms with Crippen molar-refractivity contribution < 1.29 is 0 Å². The Kier molecular flexibility index (Phi) is 5.11. The number of nitriles is 1. The van der Waals surface area contributed by atoms with Crippen LogP contribution in [0, 0.1) is 11.3 Å². The van der Waals surface area contributed by atoms with Crippen molar-refractivity contribution in [2.75, 3.05) is 0 Å². The number of nitrogens with zero attached hydrogens (tertiary/aromatic N) is 4. The van der Waals surface area contributed by atoms with Gasteiger partial charge in [0.1, 0.15) is 17.5 Å². The fraction of sp³-hybridized carbons (Fsp3) is 0.208. The van der Waals surface area contributed by atoms with Crippen LogP contribution in [0.25, 0.3) is 22.2 Å². The maximum absolute atomic E-state index is 9.10. The molecule has 5 heteroatoms. The van der Waals surface area contributed by atoms with E-state index in [0.29, 0.717) is 12.1 Å². The Bertz CT molecular complexity index is 1200. The smallest absolute Gasteiger partial charge is 0.140 e. The Morgan fingerprint density at radius 3 is 2.55 bits per heavy atom. The molecule has 5 nitrogen and oxygen atoms in total. The first-order valence-corrected chi connectivity index (χ1v) is 9.76. The lowest BCUT2D eigenvalue weighted by Crippen LogP contribution is -2.15. The van der Waals surface area contributed by atoms with E-state index in [-0.39, 0.29) is 12.1 Å². The van der Waals surface area contributed by atoms with Crippen molar-refractivity contribution in [3.8, 4) is 17.3 Å². The van der Waals surface area contributed by atoms with Gasteiger partial charge in [0.05, 0.1) is 5.52 Å². The molecule has 0 saturated heterocycles. The Hall–Kier alpha value is -3.49. The summed E-state index contributed by atoms with van der Waals surface area (Å²) >= 11 is 0. The van der Waals surface area contributed by atoms with Crippen molar-refractivity contribution in [1.29, 1.82) is 5.26 Å². The molecular weight excluding hydrogens is 358 g/mol. The second-order valence-electron chi connectivity index (χ2n) is 7.43. The van der Waals surface area contributed by atoms with Gasteiger partial charge in [-0.3, -0.25) is 4.68 Å². The van der Waals surface area contributed by atoms with Gasteiger partial charge in [-0.1, -0.05) is 48.5 Å². The molecule has 144 valence electrons. The van der Waals surface area contributed by atoms with Gasteiger partial charge in [-0.25, -0.2) is 4.98 Å². The molecule has 2 aromatic carbocycles. The zero-order chi connectivity index (χ0) is 20.4. The third-order valence-corrected chi connectivity index (χ3v) is 5.07. The highest BCUT2D eigenvalue weighted by Crippen LogP contribution is 2.34. The maximum atomic E-state index is 9.10. The summed E-state index contributed by atoms with van der Waals surface area (Å²) in [5.41, 5.74) is 11.9. The summed E-state index contributed by atoms with van der Waals surface area (Å²) in [4.78, 5) is 4.38. The number of nitrogens with two attached hydrogens (primary N) is 1. The van der Waals surface area contributed by atoms with Crippen LogP contribution in [0.4, 0.5) is 0 Å². The van der Waals surface area contributed by atoms with Gasteiger partial charge in [0, 0.05) is 35.1 Å². The summed E-state index contributed by atoms with van der Waals surface area (Å²) in [6.45, 7) is 4.27. The van der Waals surface area contributed by atoms with Crippen LogP contribution in [-0.4, -0.2) is 14.8 Å². The summed E-state index contributed by atoms with van der Waals surface area (Å²) in [6, 6.07) is 24.0. The van der Waals surface area contributed by atoms with E-state index in [9.17, 15) is 0 Å². The molecule has 0 aliphatic heterocycles. The molecule has 0 aliphatic carbocycles. The second-order valence-corrected chi connectivity index (χ2v) is 7.43. The van der Waals surface area contributed by atoms with E-state index >= 15 is 0 Å². The number of para-hydroxylation sites is 1. The van der Waals surface area contributed by atoms with Crippen molar-refractivity contribution >= 4 is 10.9 Å². The van der Waals surface area contributed by atoms with Gasteiger partial charge in [0.15, 0.2) is 0 Å². The molecule has 0 amide bonds. The zero-order valence-corrected chi connectivity index (χ0v) is 16.6. The van der Waals surface area contributed by atoms with E-state index in [0.717, 1.165) is 33.4 Å². The summed E-state index contributed by atoms with van der Waals surface area (Å²) < 4.78 is 2.06. The highest BCUT2D eigenvalue weighted by atomic mass is 15.3. The lowest BCUT2D eigenvalue weighted by atomic mass is 9.94. The Labute approximate surface area is 170 Å². The second kappa shape index (κ2) is 7.86. The van der Waals surface area contributed by atoms with Gasteiger partial charge < -0.3 is 5.73 Å².